The van der Waals surface area contributed by atoms with Crippen molar-refractivity contribution < 1.29 is 5.11 Å². The fraction of sp³-hybridized carbons (Fsp3) is 0.455. The van der Waals surface area contributed by atoms with E-state index in [9.17, 15) is 5.11 Å². The number of rotatable bonds is 5. The molecule has 0 spiro atoms. The number of phenols is 1. The minimum Gasteiger partial charge on any atom is -0.508 e. The molecule has 0 amide bonds. The van der Waals surface area contributed by atoms with Crippen LogP contribution in [-0.4, -0.2) is 48.1 Å². The highest BCUT2D eigenvalue weighted by atomic mass is 16.3. The van der Waals surface area contributed by atoms with Crippen LogP contribution in [0.5, 0.6) is 5.75 Å². The van der Waals surface area contributed by atoms with Crippen LogP contribution < -0.4 is 0 Å². The van der Waals surface area contributed by atoms with E-state index in [1.807, 2.05) is 12.1 Å². The van der Waals surface area contributed by atoms with Gasteiger partial charge in [-0.15, -0.1) is 0 Å². The van der Waals surface area contributed by atoms with E-state index in [1.54, 1.807) is 0 Å². The van der Waals surface area contributed by atoms with Crippen LogP contribution in [0.3, 0.4) is 0 Å². The molecule has 0 unspecified atom stereocenters. The molecule has 3 heteroatoms. The highest BCUT2D eigenvalue weighted by Gasteiger charge is 2.22. The van der Waals surface area contributed by atoms with Crippen LogP contribution in [0.15, 0.2) is 36.4 Å². The van der Waals surface area contributed by atoms with Crippen molar-refractivity contribution in [2.24, 2.45) is 0 Å². The largest absolute Gasteiger partial charge is 0.508 e. The molecule has 0 fully saturated rings. The number of aromatic hydroxyl groups is 1. The zero-order valence-corrected chi connectivity index (χ0v) is 15.9. The third-order valence-electron chi connectivity index (χ3n) is 5.53. The lowest BCUT2D eigenvalue weighted by Crippen LogP contribution is -2.43. The molecule has 1 aliphatic rings. The number of phenolic OH excluding ortho intramolecular Hbond substituents is 1. The molecule has 3 nitrogen and oxygen atoms in total. The summed E-state index contributed by atoms with van der Waals surface area (Å²) >= 11 is 0. The molecule has 0 aromatic heterocycles. The van der Waals surface area contributed by atoms with E-state index in [0.717, 1.165) is 32.5 Å². The Labute approximate surface area is 151 Å². The number of aryl methyl sites for hydroxylation is 2. The van der Waals surface area contributed by atoms with Crippen molar-refractivity contribution in [3.63, 3.8) is 0 Å². The van der Waals surface area contributed by atoms with E-state index >= 15 is 0 Å². The maximum absolute atomic E-state index is 9.80. The van der Waals surface area contributed by atoms with Crippen molar-refractivity contribution >= 4 is 0 Å². The summed E-state index contributed by atoms with van der Waals surface area (Å²) < 4.78 is 0. The van der Waals surface area contributed by atoms with E-state index in [0.29, 0.717) is 11.8 Å². The molecule has 0 saturated heterocycles. The summed E-state index contributed by atoms with van der Waals surface area (Å²) in [5, 5.41) is 9.80. The van der Waals surface area contributed by atoms with E-state index in [4.69, 9.17) is 0 Å². The third kappa shape index (κ3) is 4.23. The quantitative estimate of drug-likeness (QED) is 0.903. The molecule has 1 aliphatic heterocycles. The highest BCUT2D eigenvalue weighted by molar-refractivity contribution is 5.41. The van der Waals surface area contributed by atoms with Gasteiger partial charge in [0.1, 0.15) is 5.75 Å². The normalized spacial score (nSPS) is 16.0. The Morgan fingerprint density at radius 2 is 1.72 bits per heavy atom. The van der Waals surface area contributed by atoms with Crippen molar-refractivity contribution in [2.75, 3.05) is 27.2 Å². The van der Waals surface area contributed by atoms with E-state index in [-0.39, 0.29) is 0 Å². The molecular weight excluding hydrogens is 308 g/mol. The van der Waals surface area contributed by atoms with Gasteiger partial charge in [0.15, 0.2) is 0 Å². The summed E-state index contributed by atoms with van der Waals surface area (Å²) in [5.74, 6) is 0.368. The Morgan fingerprint density at radius 3 is 2.36 bits per heavy atom. The number of hydrogen-bond donors (Lipinski definition) is 1. The molecule has 1 atom stereocenters. The average molecular weight is 338 g/mol. The maximum Gasteiger partial charge on any atom is 0.116 e. The SMILES string of the molecule is Cc1cc(O)cc(C)c1C[C@@H](CN1CCc2ccccc2C1)N(C)C. The molecule has 0 aliphatic carbocycles. The standard InChI is InChI=1S/C22H30N2O/c1-16-11-21(25)12-17(2)22(16)13-20(23(3)4)15-24-10-9-18-7-5-6-8-19(18)14-24/h5-8,11-12,20,25H,9-10,13-15H2,1-4H3/t20-/m0/s1. The number of likely N-dealkylation sites (N-methyl/N-ethyl adjacent to an activating group) is 1. The van der Waals surface area contributed by atoms with Crippen LogP contribution in [0, 0.1) is 13.8 Å². The number of fused-ring (bicyclic) bond motifs is 1. The van der Waals surface area contributed by atoms with Crippen molar-refractivity contribution in [1.82, 2.24) is 9.80 Å². The van der Waals surface area contributed by atoms with Crippen LogP contribution in [0.2, 0.25) is 0 Å². The topological polar surface area (TPSA) is 26.7 Å². The van der Waals surface area contributed by atoms with Crippen molar-refractivity contribution in [3.05, 3.63) is 64.2 Å². The molecule has 3 rings (SSSR count). The lowest BCUT2D eigenvalue weighted by molar-refractivity contribution is 0.170. The zero-order chi connectivity index (χ0) is 18.0. The van der Waals surface area contributed by atoms with Gasteiger partial charge in [0.05, 0.1) is 0 Å². The Balaban J connectivity index is 1.73. The van der Waals surface area contributed by atoms with Gasteiger partial charge in [0.2, 0.25) is 0 Å². The highest BCUT2D eigenvalue weighted by Crippen LogP contribution is 2.24. The van der Waals surface area contributed by atoms with Gasteiger partial charge in [-0.2, -0.15) is 0 Å². The lowest BCUT2D eigenvalue weighted by Gasteiger charge is -2.35. The first-order valence-corrected chi connectivity index (χ1v) is 9.18. The molecule has 134 valence electrons. The monoisotopic (exact) mass is 338 g/mol. The first kappa shape index (κ1) is 18.0. The van der Waals surface area contributed by atoms with Crippen LogP contribution in [0.4, 0.5) is 0 Å². The Kier molecular flexibility index (Phi) is 5.45. The molecule has 0 radical (unpaired) electrons. The smallest absolute Gasteiger partial charge is 0.116 e. The molecule has 0 bridgehead atoms. The van der Waals surface area contributed by atoms with Crippen LogP contribution in [0.25, 0.3) is 0 Å². The Morgan fingerprint density at radius 1 is 1.08 bits per heavy atom. The molecular formula is C22H30N2O. The van der Waals surface area contributed by atoms with Gasteiger partial charge >= 0.3 is 0 Å². The second-order valence-electron chi connectivity index (χ2n) is 7.63. The summed E-state index contributed by atoms with van der Waals surface area (Å²) in [5.41, 5.74) is 6.73. The average Bonchev–Trinajstić information content (AvgIpc) is 2.56. The van der Waals surface area contributed by atoms with Gasteiger partial charge in [-0.3, -0.25) is 4.90 Å². The molecule has 2 aromatic carbocycles. The van der Waals surface area contributed by atoms with Crippen molar-refractivity contribution in [3.8, 4) is 5.75 Å². The van der Waals surface area contributed by atoms with Gasteiger partial charge in [-0.25, -0.2) is 0 Å². The van der Waals surface area contributed by atoms with Gasteiger partial charge in [-0.05, 0) is 80.7 Å². The van der Waals surface area contributed by atoms with E-state index in [1.165, 1.54) is 27.8 Å². The van der Waals surface area contributed by atoms with Gasteiger partial charge in [0, 0.05) is 25.7 Å². The van der Waals surface area contributed by atoms with E-state index in [2.05, 4.69) is 62.0 Å². The molecule has 25 heavy (non-hydrogen) atoms. The second-order valence-corrected chi connectivity index (χ2v) is 7.63. The number of nitrogens with zero attached hydrogens (tertiary/aromatic N) is 2. The summed E-state index contributed by atoms with van der Waals surface area (Å²) in [4.78, 5) is 4.92. The first-order chi connectivity index (χ1) is 11.9. The Hall–Kier alpha value is -1.84. The van der Waals surface area contributed by atoms with Gasteiger partial charge < -0.3 is 10.0 Å². The Bertz CT molecular complexity index is 716. The minimum absolute atomic E-state index is 0.368. The lowest BCUT2D eigenvalue weighted by atomic mass is 9.94. The second kappa shape index (κ2) is 7.59. The predicted molar refractivity (Wildman–Crippen MR) is 104 cm³/mol. The number of benzene rings is 2. The first-order valence-electron chi connectivity index (χ1n) is 9.18. The molecule has 1 heterocycles. The third-order valence-corrected chi connectivity index (χ3v) is 5.53. The van der Waals surface area contributed by atoms with Crippen molar-refractivity contribution in [1.29, 1.82) is 0 Å². The summed E-state index contributed by atoms with van der Waals surface area (Å²) in [6.07, 6.45) is 2.16. The molecule has 0 saturated carbocycles. The fourth-order valence-corrected chi connectivity index (χ4v) is 3.95. The van der Waals surface area contributed by atoms with Crippen molar-refractivity contribution in [2.45, 2.75) is 39.3 Å². The van der Waals surface area contributed by atoms with Crippen LogP contribution in [-0.2, 0) is 19.4 Å². The van der Waals surface area contributed by atoms with E-state index < -0.39 is 0 Å². The van der Waals surface area contributed by atoms with Gasteiger partial charge in [0.25, 0.3) is 0 Å². The molecule has 1 N–H and O–H groups in total. The van der Waals surface area contributed by atoms with Crippen LogP contribution >= 0.6 is 0 Å². The van der Waals surface area contributed by atoms with Gasteiger partial charge in [-0.1, -0.05) is 24.3 Å². The fourth-order valence-electron chi connectivity index (χ4n) is 3.95. The van der Waals surface area contributed by atoms with Crippen LogP contribution in [0.1, 0.15) is 27.8 Å². The summed E-state index contributed by atoms with van der Waals surface area (Å²) in [6, 6.07) is 13.0. The predicted octanol–water partition coefficient (Wildman–Crippen LogP) is 3.54. The molecule has 2 aromatic rings. The summed E-state index contributed by atoms with van der Waals surface area (Å²) in [6.45, 7) is 7.46. The summed E-state index contributed by atoms with van der Waals surface area (Å²) in [7, 11) is 4.35. The zero-order valence-electron chi connectivity index (χ0n) is 15.9. The maximum atomic E-state index is 9.80. The number of hydrogen-bond acceptors (Lipinski definition) is 3. The minimum atomic E-state index is 0.368.